The summed E-state index contributed by atoms with van der Waals surface area (Å²) >= 11 is 13.2. The molecule has 3 aromatic rings. The standard InChI is InChI=1S/C17H13Cl2FN4OS/c1-9(16(25)21-14-11(18)6-4-7-12(14)19)26-17-22-15(23-24-17)10-5-2-3-8-13(10)20/h2-9H,1H3,(H,21,25)(H,22,23,24)/t9-/m1/s1. The summed E-state index contributed by atoms with van der Waals surface area (Å²) in [6, 6.07) is 11.2. The Morgan fingerprint density at radius 3 is 2.58 bits per heavy atom. The minimum Gasteiger partial charge on any atom is -0.323 e. The van der Waals surface area contributed by atoms with Crippen molar-refractivity contribution >= 4 is 46.6 Å². The van der Waals surface area contributed by atoms with Crippen LogP contribution in [-0.2, 0) is 4.79 Å². The second-order valence-electron chi connectivity index (χ2n) is 5.29. The highest BCUT2D eigenvalue weighted by atomic mass is 35.5. The molecule has 1 heterocycles. The number of para-hydroxylation sites is 1. The number of nitrogens with one attached hydrogen (secondary N) is 2. The van der Waals surface area contributed by atoms with E-state index in [1.807, 2.05) is 0 Å². The van der Waals surface area contributed by atoms with Crippen molar-refractivity contribution in [2.75, 3.05) is 5.32 Å². The lowest BCUT2D eigenvalue weighted by atomic mass is 10.2. The first kappa shape index (κ1) is 18.7. The maximum Gasteiger partial charge on any atom is 0.237 e. The normalized spacial score (nSPS) is 12.0. The number of aromatic amines is 1. The molecule has 0 saturated heterocycles. The molecule has 0 fully saturated rings. The zero-order valence-corrected chi connectivity index (χ0v) is 15.8. The van der Waals surface area contributed by atoms with Gasteiger partial charge in [-0.2, -0.15) is 0 Å². The lowest BCUT2D eigenvalue weighted by Gasteiger charge is -2.12. The van der Waals surface area contributed by atoms with Crippen molar-refractivity contribution in [3.63, 3.8) is 0 Å². The second kappa shape index (κ2) is 8.07. The number of H-pyrrole nitrogens is 1. The van der Waals surface area contributed by atoms with Gasteiger partial charge >= 0.3 is 0 Å². The molecule has 0 aliphatic rings. The van der Waals surface area contributed by atoms with Crippen LogP contribution in [0, 0.1) is 5.82 Å². The van der Waals surface area contributed by atoms with Gasteiger partial charge in [0.15, 0.2) is 5.82 Å². The molecule has 0 radical (unpaired) electrons. The van der Waals surface area contributed by atoms with Crippen molar-refractivity contribution in [3.8, 4) is 11.4 Å². The second-order valence-corrected chi connectivity index (χ2v) is 7.41. The van der Waals surface area contributed by atoms with Crippen molar-refractivity contribution in [3.05, 3.63) is 58.3 Å². The van der Waals surface area contributed by atoms with Crippen LogP contribution in [0.3, 0.4) is 0 Å². The van der Waals surface area contributed by atoms with Gasteiger partial charge in [0, 0.05) is 0 Å². The Kier molecular flexibility index (Phi) is 5.80. The average molecular weight is 411 g/mol. The predicted molar refractivity (Wildman–Crippen MR) is 102 cm³/mol. The van der Waals surface area contributed by atoms with Gasteiger partial charge in [-0.25, -0.2) is 9.37 Å². The van der Waals surface area contributed by atoms with Gasteiger partial charge < -0.3 is 5.32 Å². The number of rotatable bonds is 5. The first-order valence-corrected chi connectivity index (χ1v) is 9.18. The molecule has 0 aliphatic heterocycles. The van der Waals surface area contributed by atoms with Crippen molar-refractivity contribution < 1.29 is 9.18 Å². The SMILES string of the molecule is C[C@@H](Sc1n[nH]c(-c2ccccc2F)n1)C(=O)Nc1c(Cl)cccc1Cl. The number of nitrogens with zero attached hydrogens (tertiary/aromatic N) is 2. The summed E-state index contributed by atoms with van der Waals surface area (Å²) in [4.78, 5) is 16.6. The van der Waals surface area contributed by atoms with Gasteiger partial charge in [-0.05, 0) is 31.2 Å². The summed E-state index contributed by atoms with van der Waals surface area (Å²) in [5.74, 6) is -0.408. The molecular weight excluding hydrogens is 398 g/mol. The smallest absolute Gasteiger partial charge is 0.237 e. The molecule has 5 nitrogen and oxygen atoms in total. The number of hydrogen-bond donors (Lipinski definition) is 2. The Hall–Kier alpha value is -2.09. The average Bonchev–Trinajstić information content (AvgIpc) is 3.06. The molecule has 0 unspecified atom stereocenters. The van der Waals surface area contributed by atoms with E-state index in [4.69, 9.17) is 23.2 Å². The number of halogens is 3. The van der Waals surface area contributed by atoms with Crippen molar-refractivity contribution in [1.29, 1.82) is 0 Å². The summed E-state index contributed by atoms with van der Waals surface area (Å²) in [7, 11) is 0. The Balaban J connectivity index is 1.69. The summed E-state index contributed by atoms with van der Waals surface area (Å²) in [6.45, 7) is 1.70. The molecule has 3 rings (SSSR count). The van der Waals surface area contributed by atoms with Crippen LogP contribution < -0.4 is 5.32 Å². The molecule has 1 aromatic heterocycles. The monoisotopic (exact) mass is 410 g/mol. The highest BCUT2D eigenvalue weighted by Gasteiger charge is 2.20. The van der Waals surface area contributed by atoms with Gasteiger partial charge in [0.25, 0.3) is 0 Å². The first-order chi connectivity index (χ1) is 12.5. The summed E-state index contributed by atoms with van der Waals surface area (Å²) in [5.41, 5.74) is 0.669. The van der Waals surface area contributed by atoms with Crippen LogP contribution in [0.25, 0.3) is 11.4 Å². The van der Waals surface area contributed by atoms with Gasteiger partial charge in [0.1, 0.15) is 5.82 Å². The number of carbonyl (C=O) groups excluding carboxylic acids is 1. The van der Waals surface area contributed by atoms with Crippen LogP contribution in [0.15, 0.2) is 47.6 Å². The molecule has 2 aromatic carbocycles. The van der Waals surface area contributed by atoms with E-state index in [2.05, 4.69) is 20.5 Å². The van der Waals surface area contributed by atoms with E-state index in [1.54, 1.807) is 43.3 Å². The fourth-order valence-corrected chi connectivity index (χ4v) is 3.34. The number of carbonyl (C=O) groups is 1. The van der Waals surface area contributed by atoms with Crippen LogP contribution in [-0.4, -0.2) is 26.3 Å². The minimum atomic E-state index is -0.522. The third-order valence-corrected chi connectivity index (χ3v) is 5.05. The van der Waals surface area contributed by atoms with Crippen molar-refractivity contribution in [2.45, 2.75) is 17.3 Å². The maximum absolute atomic E-state index is 13.8. The van der Waals surface area contributed by atoms with Crippen LogP contribution in [0.5, 0.6) is 0 Å². The summed E-state index contributed by atoms with van der Waals surface area (Å²) in [5, 5.41) is 9.91. The molecule has 26 heavy (non-hydrogen) atoms. The van der Waals surface area contributed by atoms with Gasteiger partial charge in [-0.15, -0.1) is 5.10 Å². The van der Waals surface area contributed by atoms with E-state index < -0.39 is 11.1 Å². The number of hydrogen-bond acceptors (Lipinski definition) is 4. The van der Waals surface area contributed by atoms with Crippen LogP contribution in [0.1, 0.15) is 6.92 Å². The van der Waals surface area contributed by atoms with Crippen LogP contribution in [0.4, 0.5) is 10.1 Å². The van der Waals surface area contributed by atoms with Gasteiger partial charge in [0.2, 0.25) is 11.1 Å². The van der Waals surface area contributed by atoms with Gasteiger partial charge in [0.05, 0.1) is 26.5 Å². The highest BCUT2D eigenvalue weighted by Crippen LogP contribution is 2.31. The van der Waals surface area contributed by atoms with Crippen molar-refractivity contribution in [2.24, 2.45) is 0 Å². The fraction of sp³-hybridized carbons (Fsp3) is 0.118. The predicted octanol–water partition coefficient (Wildman–Crippen LogP) is 5.04. The molecular formula is C17H13Cl2FN4OS. The van der Waals surface area contributed by atoms with E-state index in [9.17, 15) is 9.18 Å². The Morgan fingerprint density at radius 1 is 1.19 bits per heavy atom. The van der Waals surface area contributed by atoms with E-state index in [1.165, 1.54) is 6.07 Å². The molecule has 134 valence electrons. The molecule has 0 bridgehead atoms. The fourth-order valence-electron chi connectivity index (χ4n) is 2.13. The molecule has 1 atom stereocenters. The maximum atomic E-state index is 13.8. The number of anilines is 1. The van der Waals surface area contributed by atoms with Gasteiger partial charge in [-0.1, -0.05) is 53.2 Å². The Morgan fingerprint density at radius 2 is 1.88 bits per heavy atom. The molecule has 9 heteroatoms. The summed E-state index contributed by atoms with van der Waals surface area (Å²) in [6.07, 6.45) is 0. The largest absolute Gasteiger partial charge is 0.323 e. The molecule has 0 aliphatic carbocycles. The number of aromatic nitrogens is 3. The van der Waals surface area contributed by atoms with E-state index in [0.717, 1.165) is 11.8 Å². The molecule has 0 spiro atoms. The zero-order valence-electron chi connectivity index (χ0n) is 13.5. The Bertz CT molecular complexity index is 930. The van der Waals surface area contributed by atoms with Gasteiger partial charge in [-0.3, -0.25) is 9.89 Å². The highest BCUT2D eigenvalue weighted by molar-refractivity contribution is 8.00. The van der Waals surface area contributed by atoms with E-state index >= 15 is 0 Å². The van der Waals surface area contributed by atoms with Crippen molar-refractivity contribution in [1.82, 2.24) is 15.2 Å². The third-order valence-electron chi connectivity index (χ3n) is 3.46. The minimum absolute atomic E-state index is 0.298. The summed E-state index contributed by atoms with van der Waals surface area (Å²) < 4.78 is 13.8. The first-order valence-electron chi connectivity index (χ1n) is 7.54. The van der Waals surface area contributed by atoms with E-state index in [-0.39, 0.29) is 5.91 Å². The lowest BCUT2D eigenvalue weighted by Crippen LogP contribution is -2.22. The molecule has 0 saturated carbocycles. The number of thioether (sulfide) groups is 1. The topological polar surface area (TPSA) is 70.7 Å². The van der Waals surface area contributed by atoms with Crippen LogP contribution >= 0.6 is 35.0 Å². The molecule has 2 N–H and O–H groups in total. The Labute approximate surface area is 163 Å². The quantitative estimate of drug-likeness (QED) is 0.578. The molecule has 1 amide bonds. The van der Waals surface area contributed by atoms with E-state index in [0.29, 0.717) is 32.3 Å². The lowest BCUT2D eigenvalue weighted by molar-refractivity contribution is -0.115. The third kappa shape index (κ3) is 4.17. The zero-order chi connectivity index (χ0) is 18.7. The number of amides is 1. The number of benzene rings is 2. The van der Waals surface area contributed by atoms with Crippen LogP contribution in [0.2, 0.25) is 10.0 Å².